The highest BCUT2D eigenvalue weighted by Gasteiger charge is 2.06. The van der Waals surface area contributed by atoms with E-state index in [0.717, 1.165) is 9.79 Å². The number of halogens is 1. The Hall–Kier alpha value is -1.84. The van der Waals surface area contributed by atoms with E-state index in [1.165, 1.54) is 34.7 Å². The largest absolute Gasteiger partial charge is 0.392 e. The van der Waals surface area contributed by atoms with Crippen LogP contribution < -0.4 is 0 Å². The summed E-state index contributed by atoms with van der Waals surface area (Å²) in [6, 6.07) is 18.9. The van der Waals surface area contributed by atoms with Gasteiger partial charge in [-0.1, -0.05) is 42.1 Å². The molecule has 100 valence electrons. The minimum Gasteiger partial charge on any atom is -0.392 e. The van der Waals surface area contributed by atoms with Gasteiger partial charge in [-0.3, -0.25) is 0 Å². The second-order valence-corrected chi connectivity index (χ2v) is 5.64. The van der Waals surface area contributed by atoms with E-state index in [0.29, 0.717) is 5.56 Å². The molecule has 3 aromatic carbocycles. The molecule has 0 aliphatic carbocycles. The Morgan fingerprint density at radius 1 is 0.900 bits per heavy atom. The molecule has 1 nitrogen and oxygen atoms in total. The first-order valence-corrected chi connectivity index (χ1v) is 7.14. The fraction of sp³-hybridized carbons (Fsp3) is 0.0588. The van der Waals surface area contributed by atoms with Crippen LogP contribution in [-0.2, 0) is 6.61 Å². The predicted octanol–water partition coefficient (Wildman–Crippen LogP) is 4.62. The van der Waals surface area contributed by atoms with Crippen molar-refractivity contribution in [1.29, 1.82) is 0 Å². The van der Waals surface area contributed by atoms with Crippen LogP contribution in [0, 0.1) is 5.82 Å². The van der Waals surface area contributed by atoms with Gasteiger partial charge in [-0.05, 0) is 46.7 Å². The summed E-state index contributed by atoms with van der Waals surface area (Å²) in [5.41, 5.74) is 0.614. The third-order valence-electron chi connectivity index (χ3n) is 3.14. The summed E-state index contributed by atoms with van der Waals surface area (Å²) in [5.74, 6) is -0.322. The quantitative estimate of drug-likeness (QED) is 0.757. The van der Waals surface area contributed by atoms with Gasteiger partial charge < -0.3 is 5.11 Å². The van der Waals surface area contributed by atoms with Gasteiger partial charge in [0.2, 0.25) is 0 Å². The second kappa shape index (κ2) is 5.65. The molecule has 1 N–H and O–H groups in total. The van der Waals surface area contributed by atoms with Crippen molar-refractivity contribution in [1.82, 2.24) is 0 Å². The molecule has 0 heterocycles. The van der Waals surface area contributed by atoms with Gasteiger partial charge >= 0.3 is 0 Å². The molecule has 0 saturated heterocycles. The standard InChI is InChI=1S/C17H13FOS/c18-15-6-8-17(14(9-15)11-19)20-16-7-5-12-3-1-2-4-13(12)10-16/h1-10,19H,11H2. The number of hydrogen-bond donors (Lipinski definition) is 1. The first kappa shape index (κ1) is 13.2. The molecular weight excluding hydrogens is 271 g/mol. The van der Waals surface area contributed by atoms with Gasteiger partial charge in [-0.2, -0.15) is 0 Å². The second-order valence-electron chi connectivity index (χ2n) is 4.52. The van der Waals surface area contributed by atoms with Gasteiger partial charge in [0.15, 0.2) is 0 Å². The van der Waals surface area contributed by atoms with E-state index in [4.69, 9.17) is 0 Å². The topological polar surface area (TPSA) is 20.2 Å². The van der Waals surface area contributed by atoms with Crippen molar-refractivity contribution in [3.8, 4) is 0 Å². The van der Waals surface area contributed by atoms with Crippen LogP contribution in [0.3, 0.4) is 0 Å². The maximum absolute atomic E-state index is 13.2. The lowest BCUT2D eigenvalue weighted by molar-refractivity contribution is 0.278. The third kappa shape index (κ3) is 2.69. The molecule has 0 unspecified atom stereocenters. The average molecular weight is 284 g/mol. The summed E-state index contributed by atoms with van der Waals surface area (Å²) in [6.45, 7) is -0.159. The zero-order valence-corrected chi connectivity index (χ0v) is 11.5. The van der Waals surface area contributed by atoms with E-state index in [1.54, 1.807) is 6.07 Å². The number of aliphatic hydroxyl groups is 1. The molecular formula is C17H13FOS. The molecule has 0 bridgehead atoms. The predicted molar refractivity (Wildman–Crippen MR) is 80.4 cm³/mol. The number of rotatable bonds is 3. The van der Waals surface area contributed by atoms with Crippen LogP contribution in [0.1, 0.15) is 5.56 Å². The van der Waals surface area contributed by atoms with E-state index in [2.05, 4.69) is 24.3 Å². The van der Waals surface area contributed by atoms with Gasteiger partial charge in [0, 0.05) is 9.79 Å². The van der Waals surface area contributed by atoms with Crippen molar-refractivity contribution < 1.29 is 9.50 Å². The highest BCUT2D eigenvalue weighted by Crippen LogP contribution is 2.32. The lowest BCUT2D eigenvalue weighted by Crippen LogP contribution is -1.89. The molecule has 0 radical (unpaired) electrons. The SMILES string of the molecule is OCc1cc(F)ccc1Sc1ccc2ccccc2c1. The van der Waals surface area contributed by atoms with Gasteiger partial charge in [-0.15, -0.1) is 0 Å². The monoisotopic (exact) mass is 284 g/mol. The maximum Gasteiger partial charge on any atom is 0.123 e. The van der Waals surface area contributed by atoms with Gasteiger partial charge in [-0.25, -0.2) is 4.39 Å². The number of fused-ring (bicyclic) bond motifs is 1. The summed E-state index contributed by atoms with van der Waals surface area (Å²) >= 11 is 1.54. The Morgan fingerprint density at radius 3 is 2.50 bits per heavy atom. The van der Waals surface area contributed by atoms with Crippen molar-refractivity contribution in [2.24, 2.45) is 0 Å². The molecule has 0 saturated carbocycles. The van der Waals surface area contributed by atoms with Crippen molar-refractivity contribution >= 4 is 22.5 Å². The number of aliphatic hydroxyl groups excluding tert-OH is 1. The fourth-order valence-corrected chi connectivity index (χ4v) is 3.10. The summed E-state index contributed by atoms with van der Waals surface area (Å²) < 4.78 is 13.2. The Kier molecular flexibility index (Phi) is 3.72. The van der Waals surface area contributed by atoms with E-state index >= 15 is 0 Å². The lowest BCUT2D eigenvalue weighted by atomic mass is 10.1. The van der Waals surface area contributed by atoms with Gasteiger partial charge in [0.05, 0.1) is 6.61 Å². The first-order chi connectivity index (χ1) is 9.76. The van der Waals surface area contributed by atoms with Crippen molar-refractivity contribution in [2.45, 2.75) is 16.4 Å². The molecule has 0 spiro atoms. The van der Waals surface area contributed by atoms with Crippen LogP contribution >= 0.6 is 11.8 Å². The van der Waals surface area contributed by atoms with Gasteiger partial charge in [0.1, 0.15) is 5.82 Å². The van der Waals surface area contributed by atoms with Gasteiger partial charge in [0.25, 0.3) is 0 Å². The molecule has 20 heavy (non-hydrogen) atoms. The van der Waals surface area contributed by atoms with Crippen LogP contribution in [-0.4, -0.2) is 5.11 Å². The van der Waals surface area contributed by atoms with Crippen LogP contribution in [0.4, 0.5) is 4.39 Å². The van der Waals surface area contributed by atoms with Crippen LogP contribution in [0.2, 0.25) is 0 Å². The van der Waals surface area contributed by atoms with Crippen molar-refractivity contribution in [2.75, 3.05) is 0 Å². The Labute approximate surface area is 121 Å². The van der Waals surface area contributed by atoms with E-state index in [1.807, 2.05) is 18.2 Å². The molecule has 0 aliphatic rings. The zero-order chi connectivity index (χ0) is 13.9. The highest BCUT2D eigenvalue weighted by molar-refractivity contribution is 7.99. The fourth-order valence-electron chi connectivity index (χ4n) is 2.13. The minimum absolute atomic E-state index is 0.159. The lowest BCUT2D eigenvalue weighted by Gasteiger charge is -2.08. The van der Waals surface area contributed by atoms with Crippen LogP contribution in [0.5, 0.6) is 0 Å². The summed E-state index contributed by atoms with van der Waals surface area (Å²) in [5, 5.41) is 11.7. The maximum atomic E-state index is 13.2. The Morgan fingerprint density at radius 2 is 1.70 bits per heavy atom. The Bertz CT molecular complexity index is 755. The molecule has 0 aromatic heterocycles. The third-order valence-corrected chi connectivity index (χ3v) is 4.25. The molecule has 3 heteroatoms. The molecule has 0 fully saturated rings. The Balaban J connectivity index is 1.96. The summed E-state index contributed by atoms with van der Waals surface area (Å²) in [7, 11) is 0. The number of benzene rings is 3. The first-order valence-electron chi connectivity index (χ1n) is 6.32. The smallest absolute Gasteiger partial charge is 0.123 e. The van der Waals surface area contributed by atoms with Crippen molar-refractivity contribution in [3.05, 3.63) is 72.0 Å². The normalized spacial score (nSPS) is 10.9. The zero-order valence-electron chi connectivity index (χ0n) is 10.7. The summed E-state index contributed by atoms with van der Waals surface area (Å²) in [6.07, 6.45) is 0. The van der Waals surface area contributed by atoms with E-state index in [9.17, 15) is 9.50 Å². The molecule has 0 amide bonds. The number of hydrogen-bond acceptors (Lipinski definition) is 2. The minimum atomic E-state index is -0.322. The molecule has 3 rings (SSSR count). The van der Waals surface area contributed by atoms with E-state index in [-0.39, 0.29) is 12.4 Å². The summed E-state index contributed by atoms with van der Waals surface area (Å²) in [4.78, 5) is 1.95. The average Bonchev–Trinajstić information content (AvgIpc) is 2.49. The van der Waals surface area contributed by atoms with Crippen LogP contribution in [0.15, 0.2) is 70.5 Å². The van der Waals surface area contributed by atoms with E-state index < -0.39 is 0 Å². The van der Waals surface area contributed by atoms with Crippen LogP contribution in [0.25, 0.3) is 10.8 Å². The molecule has 0 aliphatic heterocycles. The molecule has 0 atom stereocenters. The highest BCUT2D eigenvalue weighted by atomic mass is 32.2. The van der Waals surface area contributed by atoms with Crippen molar-refractivity contribution in [3.63, 3.8) is 0 Å². The molecule has 3 aromatic rings.